The molecular weight excluding hydrogens is 242 g/mol. The van der Waals surface area contributed by atoms with Gasteiger partial charge in [0.25, 0.3) is 5.56 Å². The third-order valence-electron chi connectivity index (χ3n) is 3.94. The van der Waals surface area contributed by atoms with Gasteiger partial charge in [0.2, 0.25) is 0 Å². The van der Waals surface area contributed by atoms with Gasteiger partial charge in [0, 0.05) is 30.7 Å². The fourth-order valence-corrected chi connectivity index (χ4v) is 2.48. The van der Waals surface area contributed by atoms with E-state index in [2.05, 4.69) is 9.97 Å². The van der Waals surface area contributed by atoms with Gasteiger partial charge in [-0.3, -0.25) is 4.79 Å². The zero-order valence-corrected chi connectivity index (χ0v) is 11.1. The molecule has 1 saturated heterocycles. The van der Waals surface area contributed by atoms with Crippen LogP contribution in [-0.2, 0) is 0 Å². The molecule has 1 fully saturated rings. The van der Waals surface area contributed by atoms with Crippen LogP contribution in [0.15, 0.2) is 29.2 Å². The van der Waals surface area contributed by atoms with Crippen LogP contribution in [0.25, 0.3) is 11.0 Å². The average molecular weight is 259 g/mol. The zero-order chi connectivity index (χ0) is 13.6. The highest BCUT2D eigenvalue weighted by atomic mass is 16.3. The van der Waals surface area contributed by atoms with Crippen LogP contribution in [0.2, 0.25) is 0 Å². The smallest absolute Gasteiger partial charge is 0.251 e. The molecule has 5 heteroatoms. The van der Waals surface area contributed by atoms with Crippen molar-refractivity contribution in [2.45, 2.75) is 19.4 Å². The van der Waals surface area contributed by atoms with E-state index in [1.54, 1.807) is 12.3 Å². The van der Waals surface area contributed by atoms with Crippen molar-refractivity contribution in [1.82, 2.24) is 9.97 Å². The Morgan fingerprint density at radius 1 is 1.47 bits per heavy atom. The Kier molecular flexibility index (Phi) is 2.60. The number of hydrogen-bond donors (Lipinski definition) is 2. The predicted molar refractivity (Wildman–Crippen MR) is 74.4 cm³/mol. The van der Waals surface area contributed by atoms with Gasteiger partial charge in [-0.05, 0) is 18.1 Å². The van der Waals surface area contributed by atoms with Crippen LogP contribution in [0.1, 0.15) is 13.8 Å². The molecule has 0 amide bonds. The highest BCUT2D eigenvalue weighted by Gasteiger charge is 2.44. The first-order valence-electron chi connectivity index (χ1n) is 6.45. The maximum Gasteiger partial charge on any atom is 0.251 e. The van der Waals surface area contributed by atoms with E-state index in [1.165, 1.54) is 0 Å². The molecule has 1 aliphatic heterocycles. The lowest BCUT2D eigenvalue weighted by atomic mass is 9.82. The molecule has 0 aromatic carbocycles. The summed E-state index contributed by atoms with van der Waals surface area (Å²) in [5, 5.41) is 11.2. The predicted octanol–water partition coefficient (Wildman–Crippen LogP) is 1.13. The molecule has 1 aliphatic rings. The van der Waals surface area contributed by atoms with Gasteiger partial charge < -0.3 is 15.0 Å². The van der Waals surface area contributed by atoms with Crippen LogP contribution < -0.4 is 10.5 Å². The molecule has 3 heterocycles. The second kappa shape index (κ2) is 4.06. The van der Waals surface area contributed by atoms with Gasteiger partial charge in [0.05, 0.1) is 5.69 Å². The van der Waals surface area contributed by atoms with Crippen molar-refractivity contribution in [2.75, 3.05) is 18.0 Å². The fourth-order valence-electron chi connectivity index (χ4n) is 2.48. The van der Waals surface area contributed by atoms with Crippen LogP contribution in [0.4, 0.5) is 5.69 Å². The molecule has 0 saturated carbocycles. The van der Waals surface area contributed by atoms with E-state index < -0.39 is 5.60 Å². The number of fused-ring (bicyclic) bond motifs is 1. The number of nitrogens with one attached hydrogen (secondary N) is 1. The summed E-state index contributed by atoms with van der Waals surface area (Å²) >= 11 is 0. The first-order chi connectivity index (χ1) is 8.99. The van der Waals surface area contributed by atoms with Gasteiger partial charge in [-0.25, -0.2) is 4.98 Å². The van der Waals surface area contributed by atoms with Gasteiger partial charge in [-0.1, -0.05) is 13.8 Å². The lowest BCUT2D eigenvalue weighted by Crippen LogP contribution is -2.64. The van der Waals surface area contributed by atoms with Crippen LogP contribution >= 0.6 is 0 Å². The summed E-state index contributed by atoms with van der Waals surface area (Å²) in [6.45, 7) is 5.12. The summed E-state index contributed by atoms with van der Waals surface area (Å²) in [4.78, 5) is 20.6. The van der Waals surface area contributed by atoms with Crippen molar-refractivity contribution in [3.63, 3.8) is 0 Å². The molecule has 2 N–H and O–H groups in total. The Balaban J connectivity index is 2.01. The maximum atomic E-state index is 11.7. The molecule has 0 radical (unpaired) electrons. The summed E-state index contributed by atoms with van der Waals surface area (Å²) in [6.07, 6.45) is 1.66. The minimum Gasteiger partial charge on any atom is -0.386 e. The van der Waals surface area contributed by atoms with E-state index in [0.717, 1.165) is 11.1 Å². The van der Waals surface area contributed by atoms with E-state index in [1.807, 2.05) is 30.9 Å². The minimum atomic E-state index is -0.656. The van der Waals surface area contributed by atoms with E-state index in [4.69, 9.17) is 0 Å². The van der Waals surface area contributed by atoms with E-state index in [0.29, 0.717) is 18.7 Å². The van der Waals surface area contributed by atoms with E-state index in [-0.39, 0.29) is 11.5 Å². The molecule has 2 aromatic rings. The summed E-state index contributed by atoms with van der Waals surface area (Å²) in [7, 11) is 0. The maximum absolute atomic E-state index is 11.7. The number of anilines is 1. The highest BCUT2D eigenvalue weighted by molar-refractivity contribution is 5.89. The highest BCUT2D eigenvalue weighted by Crippen LogP contribution is 2.34. The molecule has 0 unspecified atom stereocenters. The second-order valence-corrected chi connectivity index (χ2v) is 5.53. The number of H-pyrrole nitrogens is 1. The number of aromatic nitrogens is 2. The lowest BCUT2D eigenvalue weighted by Gasteiger charge is -2.50. The van der Waals surface area contributed by atoms with Gasteiger partial charge >= 0.3 is 0 Å². The number of aliphatic hydroxyl groups is 1. The summed E-state index contributed by atoms with van der Waals surface area (Å²) < 4.78 is 0. The molecule has 0 spiro atoms. The standard InChI is InChI=1S/C14H17N3O2/c1-9(2)14(19)7-17(8-14)11-6-12(18)16-13-10(11)4-3-5-15-13/h3-6,9,19H,7-8H2,1-2H3,(H,15,16,18). The van der Waals surface area contributed by atoms with Crippen LogP contribution in [0.3, 0.4) is 0 Å². The molecule has 19 heavy (non-hydrogen) atoms. The quantitative estimate of drug-likeness (QED) is 0.848. The number of nitrogens with zero attached hydrogens (tertiary/aromatic N) is 2. The molecule has 100 valence electrons. The first-order valence-corrected chi connectivity index (χ1v) is 6.45. The van der Waals surface area contributed by atoms with Crippen LogP contribution in [-0.4, -0.2) is 33.8 Å². The summed E-state index contributed by atoms with van der Waals surface area (Å²) in [5.74, 6) is 0.204. The zero-order valence-electron chi connectivity index (χ0n) is 11.1. The minimum absolute atomic E-state index is 0.166. The fraction of sp³-hybridized carbons (Fsp3) is 0.429. The van der Waals surface area contributed by atoms with Crippen molar-refractivity contribution < 1.29 is 5.11 Å². The Morgan fingerprint density at radius 3 is 2.89 bits per heavy atom. The normalized spacial score (nSPS) is 17.8. The van der Waals surface area contributed by atoms with E-state index in [9.17, 15) is 9.90 Å². The van der Waals surface area contributed by atoms with Crippen molar-refractivity contribution in [3.05, 3.63) is 34.7 Å². The molecule has 5 nitrogen and oxygen atoms in total. The molecular formula is C14H17N3O2. The van der Waals surface area contributed by atoms with Crippen molar-refractivity contribution in [2.24, 2.45) is 5.92 Å². The molecule has 0 bridgehead atoms. The molecule has 3 rings (SSSR count). The Labute approximate surface area is 110 Å². The molecule has 2 aromatic heterocycles. The van der Waals surface area contributed by atoms with Gasteiger partial charge in [0.1, 0.15) is 11.2 Å². The largest absolute Gasteiger partial charge is 0.386 e. The first kappa shape index (κ1) is 12.2. The Bertz CT molecular complexity index is 672. The monoisotopic (exact) mass is 259 g/mol. The van der Waals surface area contributed by atoms with Crippen molar-refractivity contribution in [3.8, 4) is 0 Å². The van der Waals surface area contributed by atoms with Gasteiger partial charge in [-0.15, -0.1) is 0 Å². The van der Waals surface area contributed by atoms with Crippen molar-refractivity contribution in [1.29, 1.82) is 0 Å². The number of rotatable bonds is 2. The van der Waals surface area contributed by atoms with Gasteiger partial charge in [0.15, 0.2) is 0 Å². The summed E-state index contributed by atoms with van der Waals surface area (Å²) in [6, 6.07) is 5.35. The summed E-state index contributed by atoms with van der Waals surface area (Å²) in [5.41, 5.74) is 0.611. The van der Waals surface area contributed by atoms with Gasteiger partial charge in [-0.2, -0.15) is 0 Å². The van der Waals surface area contributed by atoms with Crippen molar-refractivity contribution >= 4 is 16.7 Å². The lowest BCUT2D eigenvalue weighted by molar-refractivity contribution is -0.0299. The number of β-amino-alcohol motifs (C(OH)–C–C–N with tert-alkyl or cyclic N) is 1. The molecule has 0 aliphatic carbocycles. The van der Waals surface area contributed by atoms with Crippen LogP contribution in [0.5, 0.6) is 0 Å². The average Bonchev–Trinajstić information content (AvgIpc) is 2.33. The second-order valence-electron chi connectivity index (χ2n) is 5.53. The third-order valence-corrected chi connectivity index (χ3v) is 3.94. The topological polar surface area (TPSA) is 69.2 Å². The van der Waals surface area contributed by atoms with E-state index >= 15 is 0 Å². The third kappa shape index (κ3) is 1.90. The number of hydrogen-bond acceptors (Lipinski definition) is 4. The molecule has 0 atom stereocenters. The van der Waals surface area contributed by atoms with Crippen LogP contribution in [0, 0.1) is 5.92 Å². The SMILES string of the molecule is CC(C)C1(O)CN(c2cc(=O)[nH]c3ncccc23)C1. The Morgan fingerprint density at radius 2 is 2.21 bits per heavy atom. The number of aromatic amines is 1. The Hall–Kier alpha value is -1.88. The number of pyridine rings is 2.